The van der Waals surface area contributed by atoms with Gasteiger partial charge < -0.3 is 25.5 Å². The Labute approximate surface area is 220 Å². The van der Waals surface area contributed by atoms with Crippen molar-refractivity contribution in [2.24, 2.45) is 39.4 Å². The fourth-order valence-electron chi connectivity index (χ4n) is 9.15. The van der Waals surface area contributed by atoms with Crippen LogP contribution in [0.1, 0.15) is 81.1 Å². The molecule has 0 saturated heterocycles. The molecule has 0 heterocycles. The van der Waals surface area contributed by atoms with Crippen LogP contribution in [-0.2, 0) is 9.59 Å². The first-order valence-corrected chi connectivity index (χ1v) is 13.6. The third kappa shape index (κ3) is 3.79. The first kappa shape index (κ1) is 28.6. The SMILES string of the molecule is CC(C)(O)/C=C/C(=O)[C@](C)(O)[C@H]1[C@H](O)C[C@@]2(C)[C@@H]3CC=C4[C@@H](C[C@H](O)[C@@H](O)C4(C)C)[C@@]3(C)C(=O)C[C@@]12C. The molecule has 5 N–H and O–H groups in total. The number of carbonyl (C=O) groups is 2. The van der Waals surface area contributed by atoms with Gasteiger partial charge in [-0.05, 0) is 68.8 Å². The summed E-state index contributed by atoms with van der Waals surface area (Å²) in [6.45, 7) is 14.3. The van der Waals surface area contributed by atoms with Crippen molar-refractivity contribution in [3.8, 4) is 0 Å². The van der Waals surface area contributed by atoms with Gasteiger partial charge in [-0.2, -0.15) is 0 Å². The molecular formula is C30H46O7. The van der Waals surface area contributed by atoms with E-state index in [4.69, 9.17) is 0 Å². The van der Waals surface area contributed by atoms with Crippen molar-refractivity contribution < 1.29 is 35.1 Å². The van der Waals surface area contributed by atoms with Gasteiger partial charge in [0.15, 0.2) is 5.78 Å². The quantitative estimate of drug-likeness (QED) is 0.285. The monoisotopic (exact) mass is 518 g/mol. The van der Waals surface area contributed by atoms with E-state index in [1.54, 1.807) is 0 Å². The van der Waals surface area contributed by atoms with Crippen molar-refractivity contribution in [3.63, 3.8) is 0 Å². The molecule has 0 aromatic rings. The Bertz CT molecular complexity index is 1050. The summed E-state index contributed by atoms with van der Waals surface area (Å²) in [7, 11) is 0. The summed E-state index contributed by atoms with van der Waals surface area (Å²) in [6.07, 6.45) is 3.10. The smallest absolute Gasteiger partial charge is 0.187 e. The molecule has 0 aromatic carbocycles. The number of aliphatic hydroxyl groups excluding tert-OH is 3. The highest BCUT2D eigenvalue weighted by Crippen LogP contribution is 2.74. The molecule has 0 unspecified atom stereocenters. The van der Waals surface area contributed by atoms with E-state index in [9.17, 15) is 35.1 Å². The van der Waals surface area contributed by atoms with Crippen LogP contribution in [0.3, 0.4) is 0 Å². The third-order valence-corrected chi connectivity index (χ3v) is 11.4. The molecule has 3 fully saturated rings. The Balaban J connectivity index is 1.79. The first-order valence-electron chi connectivity index (χ1n) is 13.6. The van der Waals surface area contributed by atoms with Gasteiger partial charge in [0.1, 0.15) is 11.4 Å². The van der Waals surface area contributed by atoms with E-state index in [0.29, 0.717) is 19.3 Å². The molecule has 0 radical (unpaired) electrons. The highest BCUT2D eigenvalue weighted by atomic mass is 16.3. The van der Waals surface area contributed by atoms with Crippen LogP contribution in [-0.4, -0.2) is 66.6 Å². The summed E-state index contributed by atoms with van der Waals surface area (Å²) in [6, 6.07) is 0. The van der Waals surface area contributed by atoms with E-state index in [1.807, 2.05) is 27.7 Å². The van der Waals surface area contributed by atoms with Crippen molar-refractivity contribution in [2.75, 3.05) is 0 Å². The van der Waals surface area contributed by atoms with Crippen LogP contribution in [0.2, 0.25) is 0 Å². The van der Waals surface area contributed by atoms with Gasteiger partial charge in [0.2, 0.25) is 0 Å². The lowest BCUT2D eigenvalue weighted by Gasteiger charge is -2.65. The molecule has 10 atom stereocenters. The maximum atomic E-state index is 14.2. The average Bonchev–Trinajstić information content (AvgIpc) is 2.96. The van der Waals surface area contributed by atoms with Gasteiger partial charge >= 0.3 is 0 Å². The summed E-state index contributed by atoms with van der Waals surface area (Å²) < 4.78 is 0. The zero-order valence-electron chi connectivity index (χ0n) is 23.6. The zero-order valence-corrected chi connectivity index (χ0v) is 23.6. The van der Waals surface area contributed by atoms with Gasteiger partial charge in [-0.25, -0.2) is 0 Å². The molecule has 208 valence electrons. The number of carbonyl (C=O) groups excluding carboxylic acids is 2. The lowest BCUT2D eigenvalue weighted by Crippen LogP contribution is -2.65. The molecule has 0 spiro atoms. The van der Waals surface area contributed by atoms with Gasteiger partial charge in [-0.3, -0.25) is 9.59 Å². The summed E-state index contributed by atoms with van der Waals surface area (Å²) in [5, 5.41) is 54.6. The number of rotatable bonds is 4. The first-order chi connectivity index (χ1) is 16.7. The van der Waals surface area contributed by atoms with E-state index in [0.717, 1.165) is 5.57 Å². The van der Waals surface area contributed by atoms with Gasteiger partial charge in [0.25, 0.3) is 0 Å². The average molecular weight is 519 g/mol. The molecule has 0 amide bonds. The van der Waals surface area contributed by atoms with Crippen molar-refractivity contribution in [1.29, 1.82) is 0 Å². The van der Waals surface area contributed by atoms with Crippen LogP contribution in [0.25, 0.3) is 0 Å². The van der Waals surface area contributed by atoms with Gasteiger partial charge in [-0.1, -0.05) is 52.3 Å². The van der Waals surface area contributed by atoms with Crippen molar-refractivity contribution >= 4 is 11.6 Å². The van der Waals surface area contributed by atoms with E-state index in [-0.39, 0.29) is 24.0 Å². The molecule has 0 bridgehead atoms. The highest BCUT2D eigenvalue weighted by Gasteiger charge is 2.74. The second-order valence-corrected chi connectivity index (χ2v) is 14.4. The van der Waals surface area contributed by atoms with Crippen molar-refractivity contribution in [2.45, 2.75) is 111 Å². The number of ketones is 2. The topological polar surface area (TPSA) is 135 Å². The number of aliphatic hydroxyl groups is 5. The lowest BCUT2D eigenvalue weighted by atomic mass is 9.38. The Kier molecular flexibility index (Phi) is 6.43. The maximum Gasteiger partial charge on any atom is 0.187 e. The maximum absolute atomic E-state index is 14.2. The highest BCUT2D eigenvalue weighted by molar-refractivity contribution is 5.97. The molecule has 37 heavy (non-hydrogen) atoms. The Morgan fingerprint density at radius 2 is 1.59 bits per heavy atom. The van der Waals surface area contributed by atoms with Crippen molar-refractivity contribution in [3.05, 3.63) is 23.8 Å². The minimum atomic E-state index is -1.94. The van der Waals surface area contributed by atoms with Gasteiger partial charge in [0.05, 0.1) is 23.9 Å². The molecule has 4 aliphatic carbocycles. The van der Waals surface area contributed by atoms with Crippen LogP contribution in [0.15, 0.2) is 23.8 Å². The molecule has 3 saturated carbocycles. The minimum Gasteiger partial charge on any atom is -0.393 e. The van der Waals surface area contributed by atoms with Crippen LogP contribution in [0.4, 0.5) is 0 Å². The van der Waals surface area contributed by atoms with Gasteiger partial charge in [0, 0.05) is 23.2 Å². The zero-order chi connectivity index (χ0) is 28.1. The standard InChI is InChI=1S/C30H46O7/c1-25(2,36)12-11-21(33)30(8,37)23-19(32)14-27(5)20-10-9-16-17(13-18(31)24(35)26(16,3)4)29(20,7)22(34)15-28(23,27)6/h9,11-12,17-20,23-24,31-32,35-37H,10,13-15H2,1-8H3/b12-11+/t17-,18+,19-,20+,23+,24-,27+,28+,29-,30+/m1/s1. The molecule has 4 aliphatic rings. The normalized spacial score (nSPS) is 47.1. The number of Topliss-reactive ketones (excluding diaryl/α,β-unsaturated/α-hetero) is 1. The lowest BCUT2D eigenvalue weighted by molar-refractivity contribution is -0.186. The molecular weight excluding hydrogens is 472 g/mol. The molecule has 4 rings (SSSR count). The van der Waals surface area contributed by atoms with Gasteiger partial charge in [-0.15, -0.1) is 0 Å². The Morgan fingerprint density at radius 3 is 2.16 bits per heavy atom. The van der Waals surface area contributed by atoms with Crippen LogP contribution < -0.4 is 0 Å². The van der Waals surface area contributed by atoms with E-state index in [1.165, 1.54) is 32.9 Å². The third-order valence-electron chi connectivity index (χ3n) is 11.4. The summed E-state index contributed by atoms with van der Waals surface area (Å²) in [5.41, 5.74) is -5.07. The summed E-state index contributed by atoms with van der Waals surface area (Å²) in [5.74, 6) is -1.88. The van der Waals surface area contributed by atoms with E-state index in [2.05, 4.69) is 13.0 Å². The number of fused-ring (bicyclic) bond motifs is 5. The molecule has 0 aliphatic heterocycles. The second kappa shape index (κ2) is 8.31. The largest absolute Gasteiger partial charge is 0.393 e. The fraction of sp³-hybridized carbons (Fsp3) is 0.800. The van der Waals surface area contributed by atoms with Crippen LogP contribution >= 0.6 is 0 Å². The van der Waals surface area contributed by atoms with Crippen molar-refractivity contribution in [1.82, 2.24) is 0 Å². The fourth-order valence-corrected chi connectivity index (χ4v) is 9.15. The molecule has 7 nitrogen and oxygen atoms in total. The van der Waals surface area contributed by atoms with Crippen LogP contribution in [0, 0.1) is 39.4 Å². The predicted octanol–water partition coefficient (Wildman–Crippen LogP) is 2.72. The van der Waals surface area contributed by atoms with E-state index >= 15 is 0 Å². The summed E-state index contributed by atoms with van der Waals surface area (Å²) in [4.78, 5) is 27.4. The minimum absolute atomic E-state index is 0.0156. The predicted molar refractivity (Wildman–Crippen MR) is 139 cm³/mol. The number of allylic oxidation sites excluding steroid dienone is 1. The number of hydrogen-bond donors (Lipinski definition) is 5. The molecule has 0 aromatic heterocycles. The number of hydrogen-bond acceptors (Lipinski definition) is 7. The van der Waals surface area contributed by atoms with Crippen LogP contribution in [0.5, 0.6) is 0 Å². The molecule has 7 heteroatoms. The second-order valence-electron chi connectivity index (χ2n) is 14.4. The Hall–Kier alpha value is -1.38. The summed E-state index contributed by atoms with van der Waals surface area (Å²) >= 11 is 0. The van der Waals surface area contributed by atoms with E-state index < -0.39 is 62.9 Å². The Morgan fingerprint density at radius 1 is 1.00 bits per heavy atom.